The predicted molar refractivity (Wildman–Crippen MR) is 115 cm³/mol. The molecule has 4 nitrogen and oxygen atoms in total. The number of aromatic nitrogens is 2. The number of hydrogen-bond acceptors (Lipinski definition) is 4. The first kappa shape index (κ1) is 18.0. The van der Waals surface area contributed by atoms with Crippen molar-refractivity contribution in [3.05, 3.63) is 47.3 Å². The number of nitrogens with zero attached hydrogens (tertiary/aromatic N) is 3. The van der Waals surface area contributed by atoms with Crippen LogP contribution in [0.25, 0.3) is 0 Å². The maximum absolute atomic E-state index is 5.06. The monoisotopic (exact) mass is 376 g/mol. The van der Waals surface area contributed by atoms with Gasteiger partial charge in [-0.25, -0.2) is 9.97 Å². The fourth-order valence-electron chi connectivity index (χ4n) is 4.87. The summed E-state index contributed by atoms with van der Waals surface area (Å²) >= 11 is 0. The summed E-state index contributed by atoms with van der Waals surface area (Å²) in [4.78, 5) is 12.5. The maximum Gasteiger partial charge on any atom is 0.136 e. The van der Waals surface area contributed by atoms with Gasteiger partial charge in [0.2, 0.25) is 0 Å². The Labute approximate surface area is 168 Å². The zero-order valence-corrected chi connectivity index (χ0v) is 17.2. The van der Waals surface area contributed by atoms with E-state index in [4.69, 9.17) is 9.97 Å². The van der Waals surface area contributed by atoms with Gasteiger partial charge in [0.05, 0.1) is 0 Å². The summed E-state index contributed by atoms with van der Waals surface area (Å²) in [6, 6.07) is 11.6. The van der Waals surface area contributed by atoms with E-state index >= 15 is 0 Å². The second-order valence-electron chi connectivity index (χ2n) is 9.57. The fraction of sp³-hybridized carbons (Fsp3) is 0.583. The molecule has 2 aromatic rings. The highest BCUT2D eigenvalue weighted by atomic mass is 15.3. The SMILES string of the molecule is CC1(C)Cc2ccccc2CN1c1cc(NC2CCCCC2)nc(C2CC2)n1. The Morgan fingerprint density at radius 1 is 0.964 bits per heavy atom. The van der Waals surface area contributed by atoms with Crippen LogP contribution < -0.4 is 10.2 Å². The minimum Gasteiger partial charge on any atom is -0.367 e. The Hall–Kier alpha value is -2.10. The molecule has 5 rings (SSSR count). The van der Waals surface area contributed by atoms with Crippen molar-refractivity contribution in [2.24, 2.45) is 0 Å². The number of fused-ring (bicyclic) bond motifs is 1. The zero-order valence-electron chi connectivity index (χ0n) is 17.2. The average molecular weight is 377 g/mol. The summed E-state index contributed by atoms with van der Waals surface area (Å²) in [5.74, 6) is 3.74. The van der Waals surface area contributed by atoms with Crippen molar-refractivity contribution in [1.29, 1.82) is 0 Å². The van der Waals surface area contributed by atoms with Crippen LogP contribution in [0.2, 0.25) is 0 Å². The normalized spacial score (nSPS) is 22.0. The number of anilines is 2. The van der Waals surface area contributed by atoms with E-state index in [1.165, 1.54) is 56.1 Å². The highest BCUT2D eigenvalue weighted by molar-refractivity contribution is 5.54. The first-order chi connectivity index (χ1) is 13.6. The Morgan fingerprint density at radius 2 is 1.71 bits per heavy atom. The van der Waals surface area contributed by atoms with E-state index < -0.39 is 0 Å². The molecule has 1 aliphatic heterocycles. The topological polar surface area (TPSA) is 41.0 Å². The third-order valence-electron chi connectivity index (χ3n) is 6.71. The lowest BCUT2D eigenvalue weighted by Crippen LogP contribution is -2.49. The van der Waals surface area contributed by atoms with Crippen LogP contribution in [-0.2, 0) is 13.0 Å². The van der Waals surface area contributed by atoms with E-state index in [1.54, 1.807) is 0 Å². The molecule has 1 N–H and O–H groups in total. The fourth-order valence-corrected chi connectivity index (χ4v) is 4.87. The van der Waals surface area contributed by atoms with Crippen LogP contribution in [0.5, 0.6) is 0 Å². The summed E-state index contributed by atoms with van der Waals surface area (Å²) in [6.45, 7) is 5.61. The van der Waals surface area contributed by atoms with Gasteiger partial charge < -0.3 is 10.2 Å². The first-order valence-electron chi connectivity index (χ1n) is 11.1. The van der Waals surface area contributed by atoms with Crippen LogP contribution >= 0.6 is 0 Å². The van der Waals surface area contributed by atoms with Gasteiger partial charge in [0.15, 0.2) is 0 Å². The molecule has 2 fully saturated rings. The molecular weight excluding hydrogens is 344 g/mol. The van der Waals surface area contributed by atoms with E-state index in [0.29, 0.717) is 12.0 Å². The quantitative estimate of drug-likeness (QED) is 0.771. The van der Waals surface area contributed by atoms with Gasteiger partial charge in [0.25, 0.3) is 0 Å². The highest BCUT2D eigenvalue weighted by Crippen LogP contribution is 2.41. The summed E-state index contributed by atoms with van der Waals surface area (Å²) < 4.78 is 0. The average Bonchev–Trinajstić information content (AvgIpc) is 3.53. The summed E-state index contributed by atoms with van der Waals surface area (Å²) in [5.41, 5.74) is 2.95. The Morgan fingerprint density at radius 3 is 2.46 bits per heavy atom. The van der Waals surface area contributed by atoms with Crippen molar-refractivity contribution in [1.82, 2.24) is 9.97 Å². The lowest BCUT2D eigenvalue weighted by atomic mass is 9.85. The molecule has 0 bridgehead atoms. The zero-order chi connectivity index (χ0) is 19.1. The van der Waals surface area contributed by atoms with Crippen LogP contribution in [-0.4, -0.2) is 21.5 Å². The standard InChI is InChI=1S/C24H32N4/c1-24(2)15-18-8-6-7-9-19(18)16-28(24)22-14-21(25-20-10-4-3-5-11-20)26-23(27-22)17-12-13-17/h6-9,14,17,20H,3-5,10-13,15-16H2,1-2H3,(H,25,26,27). The minimum absolute atomic E-state index is 0.0473. The van der Waals surface area contributed by atoms with Gasteiger partial charge in [-0.2, -0.15) is 0 Å². The molecule has 4 heteroatoms. The first-order valence-corrected chi connectivity index (χ1v) is 11.1. The van der Waals surface area contributed by atoms with Gasteiger partial charge in [-0.1, -0.05) is 43.5 Å². The molecule has 0 spiro atoms. The van der Waals surface area contributed by atoms with E-state index in [9.17, 15) is 0 Å². The Kier molecular flexibility index (Phi) is 4.53. The number of benzene rings is 1. The third-order valence-corrected chi connectivity index (χ3v) is 6.71. The number of rotatable bonds is 4. The minimum atomic E-state index is 0.0473. The maximum atomic E-state index is 5.06. The molecule has 3 aliphatic rings. The van der Waals surface area contributed by atoms with Crippen molar-refractivity contribution in [3.8, 4) is 0 Å². The van der Waals surface area contributed by atoms with Crippen LogP contribution in [0, 0.1) is 0 Å². The van der Waals surface area contributed by atoms with Gasteiger partial charge in [-0.15, -0.1) is 0 Å². The molecular formula is C24H32N4. The molecule has 0 radical (unpaired) electrons. The van der Waals surface area contributed by atoms with Crippen molar-refractivity contribution < 1.29 is 0 Å². The lowest BCUT2D eigenvalue weighted by molar-refractivity contribution is 0.426. The summed E-state index contributed by atoms with van der Waals surface area (Å²) in [5, 5.41) is 3.75. The lowest BCUT2D eigenvalue weighted by Gasteiger charge is -2.44. The Bertz CT molecular complexity index is 849. The number of hydrogen-bond donors (Lipinski definition) is 1. The molecule has 2 aliphatic carbocycles. The van der Waals surface area contributed by atoms with E-state index in [-0.39, 0.29) is 5.54 Å². The molecule has 0 amide bonds. The van der Waals surface area contributed by atoms with Crippen LogP contribution in [0.4, 0.5) is 11.6 Å². The van der Waals surface area contributed by atoms with E-state index in [1.807, 2.05) is 0 Å². The summed E-state index contributed by atoms with van der Waals surface area (Å²) in [6.07, 6.45) is 10.1. The van der Waals surface area contributed by atoms with Crippen LogP contribution in [0.3, 0.4) is 0 Å². The van der Waals surface area contributed by atoms with Crippen LogP contribution in [0.15, 0.2) is 30.3 Å². The van der Waals surface area contributed by atoms with E-state index in [2.05, 4.69) is 54.4 Å². The Balaban J connectivity index is 1.48. The van der Waals surface area contributed by atoms with Crippen LogP contribution in [0.1, 0.15) is 81.7 Å². The van der Waals surface area contributed by atoms with Gasteiger partial charge >= 0.3 is 0 Å². The molecule has 2 heterocycles. The molecule has 1 aromatic carbocycles. The van der Waals surface area contributed by atoms with Crippen molar-refractivity contribution >= 4 is 11.6 Å². The largest absolute Gasteiger partial charge is 0.367 e. The number of nitrogens with one attached hydrogen (secondary N) is 1. The van der Waals surface area contributed by atoms with Gasteiger partial charge in [-0.05, 0) is 57.1 Å². The smallest absolute Gasteiger partial charge is 0.136 e. The van der Waals surface area contributed by atoms with Crippen molar-refractivity contribution in [2.75, 3.05) is 10.2 Å². The molecule has 0 saturated heterocycles. The third kappa shape index (κ3) is 3.61. The van der Waals surface area contributed by atoms with Crippen molar-refractivity contribution in [3.63, 3.8) is 0 Å². The van der Waals surface area contributed by atoms with Crippen molar-refractivity contribution in [2.45, 2.75) is 89.3 Å². The highest BCUT2D eigenvalue weighted by Gasteiger charge is 2.35. The molecule has 1 aromatic heterocycles. The molecule has 0 atom stereocenters. The molecule has 0 unspecified atom stereocenters. The van der Waals surface area contributed by atoms with Gasteiger partial charge in [0, 0.05) is 30.1 Å². The predicted octanol–water partition coefficient (Wildman–Crippen LogP) is 5.44. The molecule has 28 heavy (non-hydrogen) atoms. The second kappa shape index (κ2) is 7.06. The molecule has 2 saturated carbocycles. The molecule has 148 valence electrons. The summed E-state index contributed by atoms with van der Waals surface area (Å²) in [7, 11) is 0. The van der Waals surface area contributed by atoms with Gasteiger partial charge in [-0.3, -0.25) is 0 Å². The van der Waals surface area contributed by atoms with Gasteiger partial charge in [0.1, 0.15) is 17.5 Å². The van der Waals surface area contributed by atoms with E-state index in [0.717, 1.165) is 30.4 Å². The second-order valence-corrected chi connectivity index (χ2v) is 9.57.